The van der Waals surface area contributed by atoms with Crippen LogP contribution in [-0.2, 0) is 20.9 Å². The van der Waals surface area contributed by atoms with E-state index in [4.69, 9.17) is 4.74 Å². The maximum atomic E-state index is 13.7. The number of amides is 1. The largest absolute Gasteiger partial charge is 0.466 e. The first-order valence-electron chi connectivity index (χ1n) is 8.81. The second-order valence-corrected chi connectivity index (χ2v) is 6.77. The molecule has 0 aliphatic carbocycles. The molecule has 1 amide bonds. The number of aryl methyl sites for hydroxylation is 1. The minimum absolute atomic E-state index is 0.0943. The number of allylic oxidation sites excluding steroid dienone is 1. The molecule has 0 saturated carbocycles. The smallest absolute Gasteiger partial charge is 0.336 e. The summed E-state index contributed by atoms with van der Waals surface area (Å²) in [5, 5.41) is 0. The van der Waals surface area contributed by atoms with Gasteiger partial charge in [0.1, 0.15) is 5.82 Å². The van der Waals surface area contributed by atoms with E-state index < -0.39 is 17.7 Å². The van der Waals surface area contributed by atoms with Crippen molar-refractivity contribution >= 4 is 11.9 Å². The zero-order valence-corrected chi connectivity index (χ0v) is 15.7. The molecule has 2 aromatic carbocycles. The molecule has 0 radical (unpaired) electrons. The average Bonchev–Trinajstić information content (AvgIpc) is 2.65. The van der Waals surface area contributed by atoms with Crippen molar-refractivity contribution in [3.05, 3.63) is 82.3 Å². The number of hydrogen-bond acceptors (Lipinski definition) is 3. The van der Waals surface area contributed by atoms with Gasteiger partial charge < -0.3 is 9.64 Å². The standard InChI is InChI=1S/C22H22FNO3/c1-14-7-9-16(10-8-14)13-24-15(2)21(22(26)27-3)19(12-20(24)25)17-5-4-6-18(23)11-17/h4-11,19H,12-13H2,1-3H3/t19-/m0/s1. The summed E-state index contributed by atoms with van der Waals surface area (Å²) in [5.74, 6) is -1.52. The lowest BCUT2D eigenvalue weighted by atomic mass is 9.83. The van der Waals surface area contributed by atoms with Gasteiger partial charge in [0, 0.05) is 18.0 Å². The molecule has 4 nitrogen and oxygen atoms in total. The van der Waals surface area contributed by atoms with Crippen LogP contribution in [0, 0.1) is 12.7 Å². The van der Waals surface area contributed by atoms with Crippen LogP contribution < -0.4 is 0 Å². The molecular weight excluding hydrogens is 345 g/mol. The highest BCUT2D eigenvalue weighted by atomic mass is 19.1. The van der Waals surface area contributed by atoms with E-state index in [0.29, 0.717) is 23.4 Å². The summed E-state index contributed by atoms with van der Waals surface area (Å²) in [5.41, 5.74) is 3.65. The molecule has 0 unspecified atom stereocenters. The number of halogens is 1. The normalized spacial score (nSPS) is 17.3. The summed E-state index contributed by atoms with van der Waals surface area (Å²) in [4.78, 5) is 26.9. The molecular formula is C22H22FNO3. The Labute approximate surface area is 158 Å². The Bertz CT molecular complexity index is 902. The Morgan fingerprint density at radius 2 is 1.89 bits per heavy atom. The Morgan fingerprint density at radius 1 is 1.19 bits per heavy atom. The fourth-order valence-electron chi connectivity index (χ4n) is 3.46. The lowest BCUT2D eigenvalue weighted by Gasteiger charge is -2.34. The van der Waals surface area contributed by atoms with Gasteiger partial charge in [0.2, 0.25) is 5.91 Å². The third kappa shape index (κ3) is 3.92. The van der Waals surface area contributed by atoms with Gasteiger partial charge in [-0.3, -0.25) is 4.79 Å². The van der Waals surface area contributed by atoms with Crippen LogP contribution in [-0.4, -0.2) is 23.9 Å². The fraction of sp³-hybridized carbons (Fsp3) is 0.273. The molecule has 0 spiro atoms. The van der Waals surface area contributed by atoms with Gasteiger partial charge in [-0.05, 0) is 37.1 Å². The van der Waals surface area contributed by atoms with Gasteiger partial charge in [0.05, 0.1) is 19.2 Å². The van der Waals surface area contributed by atoms with Crippen LogP contribution >= 0.6 is 0 Å². The summed E-state index contributed by atoms with van der Waals surface area (Å²) in [6.45, 7) is 4.12. The first kappa shape index (κ1) is 18.8. The number of methoxy groups -OCH3 is 1. The molecule has 0 aromatic heterocycles. The number of rotatable bonds is 4. The van der Waals surface area contributed by atoms with Gasteiger partial charge >= 0.3 is 5.97 Å². The molecule has 27 heavy (non-hydrogen) atoms. The molecule has 5 heteroatoms. The number of ether oxygens (including phenoxy) is 1. The Hall–Kier alpha value is -2.95. The summed E-state index contributed by atoms with van der Waals surface area (Å²) in [7, 11) is 1.31. The third-order valence-corrected chi connectivity index (χ3v) is 4.94. The minimum atomic E-state index is -0.519. The molecule has 1 aliphatic heterocycles. The van der Waals surface area contributed by atoms with Crippen LogP contribution in [0.1, 0.15) is 36.0 Å². The number of nitrogens with zero attached hydrogens (tertiary/aromatic N) is 1. The number of esters is 1. The van der Waals surface area contributed by atoms with Crippen molar-refractivity contribution in [3.8, 4) is 0 Å². The molecule has 1 aliphatic rings. The SMILES string of the molecule is COC(=O)C1=C(C)N(Cc2ccc(C)cc2)C(=O)C[C@H]1c1cccc(F)c1. The van der Waals surface area contributed by atoms with E-state index in [1.165, 1.54) is 19.2 Å². The molecule has 0 fully saturated rings. The van der Waals surface area contributed by atoms with Gasteiger partial charge in [-0.15, -0.1) is 0 Å². The molecule has 1 heterocycles. The number of hydrogen-bond donors (Lipinski definition) is 0. The van der Waals surface area contributed by atoms with Crippen molar-refractivity contribution in [1.82, 2.24) is 4.90 Å². The van der Waals surface area contributed by atoms with Crippen molar-refractivity contribution in [2.45, 2.75) is 32.7 Å². The molecule has 0 bridgehead atoms. The molecule has 2 aromatic rings. The van der Waals surface area contributed by atoms with Crippen LogP contribution in [0.4, 0.5) is 4.39 Å². The van der Waals surface area contributed by atoms with Crippen LogP contribution in [0.25, 0.3) is 0 Å². The van der Waals surface area contributed by atoms with Gasteiger partial charge in [-0.25, -0.2) is 9.18 Å². The Balaban J connectivity index is 2.02. The average molecular weight is 367 g/mol. The second kappa shape index (κ2) is 7.74. The van der Waals surface area contributed by atoms with E-state index >= 15 is 0 Å². The summed E-state index contributed by atoms with van der Waals surface area (Å²) >= 11 is 0. The van der Waals surface area contributed by atoms with Crippen molar-refractivity contribution < 1.29 is 18.7 Å². The van der Waals surface area contributed by atoms with Gasteiger partial charge in [0.25, 0.3) is 0 Å². The highest BCUT2D eigenvalue weighted by Gasteiger charge is 2.36. The first-order chi connectivity index (χ1) is 12.9. The lowest BCUT2D eigenvalue weighted by Crippen LogP contribution is -2.38. The highest BCUT2D eigenvalue weighted by molar-refractivity contribution is 5.95. The number of benzene rings is 2. The molecule has 0 N–H and O–H groups in total. The van der Waals surface area contributed by atoms with E-state index in [0.717, 1.165) is 11.1 Å². The summed E-state index contributed by atoms with van der Waals surface area (Å²) < 4.78 is 18.7. The molecule has 3 rings (SSSR count). The van der Waals surface area contributed by atoms with E-state index in [-0.39, 0.29) is 12.3 Å². The van der Waals surface area contributed by atoms with E-state index in [1.54, 1.807) is 24.0 Å². The lowest BCUT2D eigenvalue weighted by molar-refractivity contribution is -0.138. The molecule has 140 valence electrons. The predicted molar refractivity (Wildman–Crippen MR) is 100 cm³/mol. The van der Waals surface area contributed by atoms with Crippen molar-refractivity contribution in [2.75, 3.05) is 7.11 Å². The van der Waals surface area contributed by atoms with Crippen molar-refractivity contribution in [3.63, 3.8) is 0 Å². The Kier molecular flexibility index (Phi) is 5.40. The molecule has 1 atom stereocenters. The fourth-order valence-corrected chi connectivity index (χ4v) is 3.46. The number of carbonyl (C=O) groups is 2. The summed E-state index contributed by atoms with van der Waals surface area (Å²) in [6.07, 6.45) is 0.0943. The van der Waals surface area contributed by atoms with E-state index in [9.17, 15) is 14.0 Å². The highest BCUT2D eigenvalue weighted by Crippen LogP contribution is 2.37. The zero-order valence-electron chi connectivity index (χ0n) is 15.7. The maximum absolute atomic E-state index is 13.7. The van der Waals surface area contributed by atoms with Crippen molar-refractivity contribution in [1.29, 1.82) is 0 Å². The first-order valence-corrected chi connectivity index (χ1v) is 8.81. The topological polar surface area (TPSA) is 46.6 Å². The third-order valence-electron chi connectivity index (χ3n) is 4.94. The van der Waals surface area contributed by atoms with E-state index in [2.05, 4.69) is 0 Å². The van der Waals surface area contributed by atoms with E-state index in [1.807, 2.05) is 31.2 Å². The minimum Gasteiger partial charge on any atom is -0.466 e. The summed E-state index contributed by atoms with van der Waals surface area (Å²) in [6, 6.07) is 13.9. The van der Waals surface area contributed by atoms with Crippen LogP contribution in [0.15, 0.2) is 59.8 Å². The van der Waals surface area contributed by atoms with Crippen LogP contribution in [0.2, 0.25) is 0 Å². The van der Waals surface area contributed by atoms with Crippen molar-refractivity contribution in [2.24, 2.45) is 0 Å². The zero-order chi connectivity index (χ0) is 19.6. The predicted octanol–water partition coefficient (Wildman–Crippen LogP) is 4.10. The molecule has 0 saturated heterocycles. The van der Waals surface area contributed by atoms with Crippen LogP contribution in [0.3, 0.4) is 0 Å². The monoisotopic (exact) mass is 367 g/mol. The Morgan fingerprint density at radius 3 is 2.52 bits per heavy atom. The van der Waals surface area contributed by atoms with Gasteiger partial charge in [-0.2, -0.15) is 0 Å². The second-order valence-electron chi connectivity index (χ2n) is 6.77. The van der Waals surface area contributed by atoms with Gasteiger partial charge in [0.15, 0.2) is 0 Å². The maximum Gasteiger partial charge on any atom is 0.336 e. The quantitative estimate of drug-likeness (QED) is 0.765. The number of carbonyl (C=O) groups excluding carboxylic acids is 2. The van der Waals surface area contributed by atoms with Crippen LogP contribution in [0.5, 0.6) is 0 Å². The van der Waals surface area contributed by atoms with Gasteiger partial charge in [-0.1, -0.05) is 42.0 Å².